The van der Waals surface area contributed by atoms with Gasteiger partial charge in [0, 0.05) is 49.6 Å². The van der Waals surface area contributed by atoms with E-state index >= 15 is 0 Å². The molecule has 3 rings (SSSR count). The number of nitrogens with one attached hydrogen (secondary N) is 2. The Bertz CT molecular complexity index is 740. The Morgan fingerprint density at radius 3 is 2.59 bits per heavy atom. The Balaban J connectivity index is 0.00000300. The van der Waals surface area contributed by atoms with Crippen molar-refractivity contribution in [3.05, 3.63) is 39.4 Å². The normalized spacial score (nSPS) is 17.4. The topological polar surface area (TPSA) is 74.9 Å². The summed E-state index contributed by atoms with van der Waals surface area (Å²) in [5, 5.41) is 13.2. The highest BCUT2D eigenvalue weighted by Crippen LogP contribution is 2.25. The molecule has 2 atom stereocenters. The summed E-state index contributed by atoms with van der Waals surface area (Å²) in [4.78, 5) is 8.26. The highest BCUT2D eigenvalue weighted by atomic mass is 127. The Hall–Kier alpha value is -1.17. The average Bonchev–Trinajstić information content (AvgIpc) is 3.35. The molecule has 0 aromatic carbocycles. The van der Waals surface area contributed by atoms with Gasteiger partial charge < -0.3 is 19.9 Å². The van der Waals surface area contributed by atoms with E-state index < -0.39 is 0 Å². The molecule has 0 aliphatic carbocycles. The maximum Gasteiger partial charge on any atom is 0.191 e. The molecule has 1 aliphatic heterocycles. The van der Waals surface area contributed by atoms with E-state index in [2.05, 4.69) is 50.1 Å². The fourth-order valence-corrected chi connectivity index (χ4v) is 4.60. The second-order valence-corrected chi connectivity index (χ2v) is 8.13. The van der Waals surface area contributed by atoms with Crippen molar-refractivity contribution >= 4 is 41.3 Å². The van der Waals surface area contributed by atoms with Gasteiger partial charge in [-0.1, -0.05) is 18.1 Å². The van der Waals surface area contributed by atoms with Gasteiger partial charge in [-0.25, -0.2) is 0 Å². The smallest absolute Gasteiger partial charge is 0.191 e. The van der Waals surface area contributed by atoms with Crippen LogP contribution < -0.4 is 10.6 Å². The summed E-state index contributed by atoms with van der Waals surface area (Å²) in [6.07, 6.45) is 0. The first kappa shape index (κ1) is 24.1. The van der Waals surface area contributed by atoms with Gasteiger partial charge >= 0.3 is 0 Å². The largest absolute Gasteiger partial charge is 0.379 e. The number of nitrogens with zero attached hydrogens (tertiary/aromatic N) is 3. The molecule has 0 saturated carbocycles. The molecule has 162 valence electrons. The summed E-state index contributed by atoms with van der Waals surface area (Å²) in [5.41, 5.74) is 2.13. The molecule has 3 heterocycles. The van der Waals surface area contributed by atoms with Crippen LogP contribution in [0.5, 0.6) is 0 Å². The summed E-state index contributed by atoms with van der Waals surface area (Å²) >= 11 is 1.80. The zero-order chi connectivity index (χ0) is 19.9. The standard InChI is InChI=1S/C20H31N5O2S.HI/c1-14(19-15(2)24-27-16(19)3)12-22-20(21-4)23-13-17(18-6-5-11-28-18)25-7-9-26-10-8-25;/h5-6,11,14,17H,7-10,12-13H2,1-4H3,(H2,21,22,23);1H. The van der Waals surface area contributed by atoms with Crippen molar-refractivity contribution in [3.63, 3.8) is 0 Å². The molecular formula is C20H32IN5O2S. The monoisotopic (exact) mass is 533 g/mol. The number of rotatable bonds is 7. The number of aliphatic imine (C=N–C) groups is 1. The van der Waals surface area contributed by atoms with Crippen LogP contribution in [0.25, 0.3) is 0 Å². The molecule has 7 nitrogen and oxygen atoms in total. The molecule has 0 spiro atoms. The summed E-state index contributed by atoms with van der Waals surface area (Å²) in [6, 6.07) is 4.65. The summed E-state index contributed by atoms with van der Waals surface area (Å²) in [7, 11) is 1.81. The third-order valence-electron chi connectivity index (χ3n) is 5.20. The van der Waals surface area contributed by atoms with Crippen LogP contribution in [-0.2, 0) is 4.74 Å². The molecule has 0 bridgehead atoms. The lowest BCUT2D eigenvalue weighted by Gasteiger charge is -2.34. The number of aromatic nitrogens is 1. The lowest BCUT2D eigenvalue weighted by atomic mass is 10.00. The van der Waals surface area contributed by atoms with Crippen LogP contribution >= 0.6 is 35.3 Å². The van der Waals surface area contributed by atoms with Gasteiger partial charge in [-0.05, 0) is 25.3 Å². The molecule has 2 unspecified atom stereocenters. The second kappa shape index (κ2) is 11.9. The summed E-state index contributed by atoms with van der Waals surface area (Å²) in [6.45, 7) is 11.2. The van der Waals surface area contributed by atoms with Crippen molar-refractivity contribution in [2.45, 2.75) is 32.7 Å². The molecule has 0 radical (unpaired) electrons. The second-order valence-electron chi connectivity index (χ2n) is 7.15. The number of hydrogen-bond acceptors (Lipinski definition) is 6. The summed E-state index contributed by atoms with van der Waals surface area (Å²) in [5.74, 6) is 1.99. The van der Waals surface area contributed by atoms with Crippen LogP contribution in [0.2, 0.25) is 0 Å². The lowest BCUT2D eigenvalue weighted by molar-refractivity contribution is 0.0177. The predicted octanol–water partition coefficient (Wildman–Crippen LogP) is 3.31. The van der Waals surface area contributed by atoms with Gasteiger partial charge in [0.2, 0.25) is 0 Å². The van der Waals surface area contributed by atoms with E-state index in [1.54, 1.807) is 11.3 Å². The van der Waals surface area contributed by atoms with Crippen LogP contribution in [0.15, 0.2) is 27.0 Å². The number of ether oxygens (including phenoxy) is 1. The van der Waals surface area contributed by atoms with Crippen molar-refractivity contribution in [3.8, 4) is 0 Å². The van der Waals surface area contributed by atoms with Gasteiger partial charge in [0.1, 0.15) is 5.76 Å². The maximum absolute atomic E-state index is 5.53. The van der Waals surface area contributed by atoms with Crippen LogP contribution in [0, 0.1) is 13.8 Å². The van der Waals surface area contributed by atoms with E-state index in [-0.39, 0.29) is 29.9 Å². The maximum atomic E-state index is 5.53. The third-order valence-corrected chi connectivity index (χ3v) is 6.18. The van der Waals surface area contributed by atoms with Crippen molar-refractivity contribution in [2.24, 2.45) is 4.99 Å². The van der Waals surface area contributed by atoms with Gasteiger partial charge in [0.25, 0.3) is 0 Å². The first-order chi connectivity index (χ1) is 13.6. The molecular weight excluding hydrogens is 501 g/mol. The lowest BCUT2D eigenvalue weighted by Crippen LogP contribution is -2.46. The number of hydrogen-bond donors (Lipinski definition) is 2. The third kappa shape index (κ3) is 6.40. The van der Waals surface area contributed by atoms with Crippen LogP contribution in [0.3, 0.4) is 0 Å². The van der Waals surface area contributed by atoms with Gasteiger partial charge in [-0.3, -0.25) is 9.89 Å². The SMILES string of the molecule is CN=C(NCC(C)c1c(C)noc1C)NCC(c1cccs1)N1CCOCC1.I. The average molecular weight is 533 g/mol. The van der Waals surface area contributed by atoms with Gasteiger partial charge in [-0.2, -0.15) is 0 Å². The van der Waals surface area contributed by atoms with Gasteiger partial charge in [-0.15, -0.1) is 35.3 Å². The van der Waals surface area contributed by atoms with E-state index in [9.17, 15) is 0 Å². The van der Waals surface area contributed by atoms with Crippen LogP contribution in [0.4, 0.5) is 0 Å². The molecule has 29 heavy (non-hydrogen) atoms. The number of thiophene rings is 1. The van der Waals surface area contributed by atoms with E-state index in [0.717, 1.165) is 56.8 Å². The molecule has 1 fully saturated rings. The molecule has 2 N–H and O–H groups in total. The molecule has 9 heteroatoms. The van der Waals surface area contributed by atoms with Crippen molar-refractivity contribution in [1.29, 1.82) is 0 Å². The Morgan fingerprint density at radius 1 is 1.28 bits per heavy atom. The Kier molecular flexibility index (Phi) is 9.87. The predicted molar refractivity (Wildman–Crippen MR) is 129 cm³/mol. The zero-order valence-corrected chi connectivity index (χ0v) is 20.8. The fraction of sp³-hybridized carbons (Fsp3) is 0.600. The minimum atomic E-state index is 0. The minimum Gasteiger partial charge on any atom is -0.379 e. The van der Waals surface area contributed by atoms with E-state index in [4.69, 9.17) is 9.26 Å². The zero-order valence-electron chi connectivity index (χ0n) is 17.6. The number of morpholine rings is 1. The van der Waals surface area contributed by atoms with E-state index in [1.807, 2.05) is 20.9 Å². The first-order valence-corrected chi connectivity index (χ1v) is 10.7. The van der Waals surface area contributed by atoms with Gasteiger partial charge in [0.05, 0.1) is 24.9 Å². The first-order valence-electron chi connectivity index (χ1n) is 9.82. The van der Waals surface area contributed by atoms with Crippen LogP contribution in [-0.4, -0.2) is 62.5 Å². The van der Waals surface area contributed by atoms with Crippen LogP contribution in [0.1, 0.15) is 40.8 Å². The van der Waals surface area contributed by atoms with E-state index in [0.29, 0.717) is 6.04 Å². The quantitative estimate of drug-likeness (QED) is 0.323. The van der Waals surface area contributed by atoms with Crippen molar-refractivity contribution in [2.75, 3.05) is 46.4 Å². The van der Waals surface area contributed by atoms with Gasteiger partial charge in [0.15, 0.2) is 5.96 Å². The number of guanidine groups is 1. The molecule has 2 aromatic rings. The molecule has 2 aromatic heterocycles. The highest BCUT2D eigenvalue weighted by Gasteiger charge is 2.24. The van der Waals surface area contributed by atoms with Crippen molar-refractivity contribution < 1.29 is 9.26 Å². The Morgan fingerprint density at radius 2 is 2.00 bits per heavy atom. The van der Waals surface area contributed by atoms with E-state index in [1.165, 1.54) is 10.4 Å². The number of aryl methyl sites for hydroxylation is 2. The highest BCUT2D eigenvalue weighted by molar-refractivity contribution is 14.0. The van der Waals surface area contributed by atoms with Crippen molar-refractivity contribution in [1.82, 2.24) is 20.7 Å². The number of halogens is 1. The fourth-order valence-electron chi connectivity index (χ4n) is 3.74. The molecule has 1 saturated heterocycles. The molecule has 0 amide bonds. The Labute approximate surface area is 194 Å². The minimum absolute atomic E-state index is 0. The summed E-state index contributed by atoms with van der Waals surface area (Å²) < 4.78 is 10.8. The molecule has 1 aliphatic rings.